The first-order chi connectivity index (χ1) is 19.1. The number of benzene rings is 3. The van der Waals surface area contributed by atoms with Crippen LogP contribution in [-0.4, -0.2) is 60.9 Å². The first-order valence-corrected chi connectivity index (χ1v) is 15.7. The summed E-state index contributed by atoms with van der Waals surface area (Å²) in [6, 6.07) is 16.8. The summed E-state index contributed by atoms with van der Waals surface area (Å²) in [6.07, 6.45) is 2.67. The molecular weight excluding hydrogens is 554 g/mol. The zero-order chi connectivity index (χ0) is 28.9. The van der Waals surface area contributed by atoms with Crippen molar-refractivity contribution in [3.05, 3.63) is 72.3 Å². The lowest BCUT2D eigenvalue weighted by molar-refractivity contribution is -0.114. The number of ether oxygens (including phenoxy) is 2. The van der Waals surface area contributed by atoms with Crippen molar-refractivity contribution in [2.24, 2.45) is 0 Å². The first-order valence-electron chi connectivity index (χ1n) is 12.8. The van der Waals surface area contributed by atoms with Crippen LogP contribution in [0.25, 0.3) is 0 Å². The van der Waals surface area contributed by atoms with Crippen LogP contribution in [0, 0.1) is 6.92 Å². The van der Waals surface area contributed by atoms with Gasteiger partial charge in [-0.3, -0.25) is 9.10 Å². The van der Waals surface area contributed by atoms with E-state index in [9.17, 15) is 21.6 Å². The van der Waals surface area contributed by atoms with E-state index in [1.165, 1.54) is 67.1 Å². The molecule has 3 aromatic rings. The predicted molar refractivity (Wildman–Crippen MR) is 153 cm³/mol. The Bertz CT molecular complexity index is 1550. The van der Waals surface area contributed by atoms with Gasteiger partial charge in [0.05, 0.1) is 29.7 Å². The van der Waals surface area contributed by atoms with Crippen LogP contribution in [-0.2, 0) is 24.8 Å². The molecule has 0 bridgehead atoms. The number of aryl methyl sites for hydroxylation is 1. The van der Waals surface area contributed by atoms with Crippen molar-refractivity contribution in [1.82, 2.24) is 4.31 Å². The normalized spacial score (nSPS) is 14.4. The molecule has 1 heterocycles. The third-order valence-electron chi connectivity index (χ3n) is 6.64. The lowest BCUT2D eigenvalue weighted by atomic mass is 10.2. The fourth-order valence-electron chi connectivity index (χ4n) is 4.43. The number of nitrogens with zero attached hydrogens (tertiary/aromatic N) is 2. The van der Waals surface area contributed by atoms with E-state index in [1.54, 1.807) is 18.2 Å². The number of rotatable bonds is 10. The van der Waals surface area contributed by atoms with Crippen molar-refractivity contribution in [2.75, 3.05) is 43.5 Å². The number of anilines is 2. The quantitative estimate of drug-likeness (QED) is 0.380. The van der Waals surface area contributed by atoms with Crippen LogP contribution in [0.5, 0.6) is 11.5 Å². The molecule has 0 radical (unpaired) electrons. The Balaban J connectivity index is 1.59. The van der Waals surface area contributed by atoms with Crippen molar-refractivity contribution in [2.45, 2.75) is 36.0 Å². The zero-order valence-electron chi connectivity index (χ0n) is 22.7. The highest BCUT2D eigenvalue weighted by atomic mass is 32.2. The van der Waals surface area contributed by atoms with Gasteiger partial charge in [0.15, 0.2) is 11.5 Å². The van der Waals surface area contributed by atoms with E-state index in [2.05, 4.69) is 5.32 Å². The van der Waals surface area contributed by atoms with Crippen molar-refractivity contribution < 1.29 is 31.1 Å². The predicted octanol–water partition coefficient (Wildman–Crippen LogP) is 4.02. The van der Waals surface area contributed by atoms with Gasteiger partial charge < -0.3 is 14.8 Å². The van der Waals surface area contributed by atoms with E-state index in [0.717, 1.165) is 29.1 Å². The molecule has 1 aliphatic rings. The summed E-state index contributed by atoms with van der Waals surface area (Å²) in [5, 5.41) is 2.67. The third-order valence-corrected chi connectivity index (χ3v) is 10.3. The molecule has 0 atom stereocenters. The van der Waals surface area contributed by atoms with Gasteiger partial charge in [-0.15, -0.1) is 0 Å². The van der Waals surface area contributed by atoms with E-state index in [0.29, 0.717) is 30.3 Å². The summed E-state index contributed by atoms with van der Waals surface area (Å²) in [4.78, 5) is 13.3. The molecule has 0 aromatic heterocycles. The standard InChI is InChI=1S/C28H33N3O7S2/c1-21-7-12-25(13-8-21)40(35,36)31(23-11-16-26(37-2)27(19-23)38-3)20-28(32)29-22-9-14-24(15-10-22)39(33,34)30-17-5-4-6-18-30/h7-16,19H,4-6,17-18,20H2,1-3H3,(H,29,32). The van der Waals surface area contributed by atoms with Crippen LogP contribution < -0.4 is 19.1 Å². The molecule has 0 spiro atoms. The van der Waals surface area contributed by atoms with Crippen molar-refractivity contribution in [1.29, 1.82) is 0 Å². The van der Waals surface area contributed by atoms with Crippen molar-refractivity contribution in [3.63, 3.8) is 0 Å². The molecule has 1 saturated heterocycles. The van der Waals surface area contributed by atoms with Gasteiger partial charge in [0.1, 0.15) is 6.54 Å². The van der Waals surface area contributed by atoms with Crippen LogP contribution in [0.1, 0.15) is 24.8 Å². The summed E-state index contributed by atoms with van der Waals surface area (Å²) in [6.45, 7) is 2.28. The van der Waals surface area contributed by atoms with Gasteiger partial charge in [-0.2, -0.15) is 4.31 Å². The molecule has 4 rings (SSSR count). The van der Waals surface area contributed by atoms with Crippen LogP contribution in [0.15, 0.2) is 76.5 Å². The largest absolute Gasteiger partial charge is 0.493 e. The van der Waals surface area contributed by atoms with E-state index in [4.69, 9.17) is 9.47 Å². The Hall–Kier alpha value is -3.61. The lowest BCUT2D eigenvalue weighted by Crippen LogP contribution is -2.38. The summed E-state index contributed by atoms with van der Waals surface area (Å²) in [5.41, 5.74) is 1.43. The number of carbonyl (C=O) groups is 1. The van der Waals surface area contributed by atoms with E-state index in [-0.39, 0.29) is 15.5 Å². The van der Waals surface area contributed by atoms with Gasteiger partial charge in [0, 0.05) is 24.8 Å². The topological polar surface area (TPSA) is 122 Å². The maximum Gasteiger partial charge on any atom is 0.264 e. The van der Waals surface area contributed by atoms with Crippen LogP contribution in [0.2, 0.25) is 0 Å². The van der Waals surface area contributed by atoms with Crippen LogP contribution in [0.4, 0.5) is 11.4 Å². The lowest BCUT2D eigenvalue weighted by Gasteiger charge is -2.26. The molecule has 214 valence electrons. The average Bonchev–Trinajstić information content (AvgIpc) is 2.96. The highest BCUT2D eigenvalue weighted by Crippen LogP contribution is 2.34. The first kappa shape index (κ1) is 29.4. The van der Waals surface area contributed by atoms with Crippen molar-refractivity contribution in [3.8, 4) is 11.5 Å². The van der Waals surface area contributed by atoms with Crippen molar-refractivity contribution >= 4 is 37.3 Å². The Morgan fingerprint density at radius 1 is 0.825 bits per heavy atom. The number of sulfonamides is 2. The molecule has 0 aliphatic carbocycles. The highest BCUT2D eigenvalue weighted by Gasteiger charge is 2.29. The SMILES string of the molecule is COc1ccc(N(CC(=O)Nc2ccc(S(=O)(=O)N3CCCCC3)cc2)S(=O)(=O)c2ccc(C)cc2)cc1OC. The highest BCUT2D eigenvalue weighted by molar-refractivity contribution is 7.92. The number of methoxy groups -OCH3 is 2. The number of carbonyl (C=O) groups excluding carboxylic acids is 1. The summed E-state index contributed by atoms with van der Waals surface area (Å²) >= 11 is 0. The number of amides is 1. The Kier molecular flexibility index (Phi) is 9.02. The number of nitrogens with one attached hydrogen (secondary N) is 1. The fourth-order valence-corrected chi connectivity index (χ4v) is 7.36. The zero-order valence-corrected chi connectivity index (χ0v) is 24.3. The number of hydrogen-bond acceptors (Lipinski definition) is 7. The summed E-state index contributed by atoms with van der Waals surface area (Å²) in [7, 11) is -4.87. The minimum atomic E-state index is -4.15. The minimum absolute atomic E-state index is 0.0213. The molecule has 12 heteroatoms. The van der Waals surface area contributed by atoms with Crippen LogP contribution in [0.3, 0.4) is 0 Å². The van der Waals surface area contributed by atoms with E-state index < -0.39 is 32.5 Å². The molecule has 1 N–H and O–H groups in total. The fraction of sp³-hybridized carbons (Fsp3) is 0.321. The van der Waals surface area contributed by atoms with E-state index >= 15 is 0 Å². The van der Waals surface area contributed by atoms with Gasteiger partial charge in [0.2, 0.25) is 15.9 Å². The molecule has 3 aromatic carbocycles. The Morgan fingerprint density at radius 2 is 1.43 bits per heavy atom. The molecule has 1 amide bonds. The average molecular weight is 588 g/mol. The van der Waals surface area contributed by atoms with Gasteiger partial charge >= 0.3 is 0 Å². The number of hydrogen-bond donors (Lipinski definition) is 1. The van der Waals surface area contributed by atoms with Gasteiger partial charge in [-0.05, 0) is 68.3 Å². The maximum absolute atomic E-state index is 13.7. The second-order valence-corrected chi connectivity index (χ2v) is 13.2. The Morgan fingerprint density at radius 3 is 2.02 bits per heavy atom. The van der Waals surface area contributed by atoms with Gasteiger partial charge in [-0.1, -0.05) is 24.1 Å². The monoisotopic (exact) mass is 587 g/mol. The van der Waals surface area contributed by atoms with Gasteiger partial charge in [-0.25, -0.2) is 16.8 Å². The molecule has 0 saturated carbocycles. The molecule has 10 nitrogen and oxygen atoms in total. The smallest absolute Gasteiger partial charge is 0.264 e. The van der Waals surface area contributed by atoms with Gasteiger partial charge in [0.25, 0.3) is 10.0 Å². The molecule has 1 aliphatic heterocycles. The molecule has 1 fully saturated rings. The second kappa shape index (κ2) is 12.3. The number of piperidine rings is 1. The molecule has 0 unspecified atom stereocenters. The Labute approximate surface area is 235 Å². The summed E-state index contributed by atoms with van der Waals surface area (Å²) in [5.74, 6) is 0.0927. The van der Waals surface area contributed by atoms with E-state index in [1.807, 2.05) is 6.92 Å². The second-order valence-electron chi connectivity index (χ2n) is 9.40. The minimum Gasteiger partial charge on any atom is -0.493 e. The summed E-state index contributed by atoms with van der Waals surface area (Å²) < 4.78 is 66.3. The molecule has 40 heavy (non-hydrogen) atoms. The molecular formula is C28H33N3O7S2. The maximum atomic E-state index is 13.7. The van der Waals surface area contributed by atoms with Crippen LogP contribution >= 0.6 is 0 Å². The third kappa shape index (κ3) is 6.40.